The molecule has 258 valence electrons. The second-order valence-electron chi connectivity index (χ2n) is 12.9. The Hall–Kier alpha value is -1.28. The second kappa shape index (κ2) is 28.0. The number of carbonyl (C=O) groups is 1. The van der Waals surface area contributed by atoms with E-state index in [0.717, 1.165) is 64.2 Å². The van der Waals surface area contributed by atoms with Crippen molar-refractivity contribution in [3.05, 3.63) is 36.5 Å². The molecule has 0 spiro atoms. The number of amides is 1. The molecule has 8 nitrogen and oxygen atoms in total. The van der Waals surface area contributed by atoms with Crippen LogP contribution in [0.4, 0.5) is 0 Å². The smallest absolute Gasteiger partial charge is 0.387 e. The van der Waals surface area contributed by atoms with Crippen molar-refractivity contribution in [2.75, 3.05) is 40.9 Å². The summed E-state index contributed by atoms with van der Waals surface area (Å²) in [6.07, 6.45) is 30.8. The molecule has 0 aliphatic heterocycles. The number of hydrogen-bond donors (Lipinski definition) is 3. The van der Waals surface area contributed by atoms with Crippen LogP contribution in [0.25, 0.3) is 0 Å². The zero-order chi connectivity index (χ0) is 32.9. The van der Waals surface area contributed by atoms with Gasteiger partial charge in [-0.1, -0.05) is 108 Å². The van der Waals surface area contributed by atoms with Gasteiger partial charge in [-0.25, -0.2) is 4.57 Å². The quantitative estimate of drug-likeness (QED) is 0.0314. The van der Waals surface area contributed by atoms with Crippen LogP contribution in [0.3, 0.4) is 0 Å². The Bertz CT molecular complexity index is 825. The van der Waals surface area contributed by atoms with Gasteiger partial charge in [0.2, 0.25) is 5.91 Å². The third-order valence-corrected chi connectivity index (χ3v) is 8.34. The summed E-state index contributed by atoms with van der Waals surface area (Å²) in [4.78, 5) is 22.8. The number of likely N-dealkylation sites (N-methyl/N-ethyl adjacent to an activating group) is 1. The molecule has 0 aromatic carbocycles. The van der Waals surface area contributed by atoms with E-state index in [2.05, 4.69) is 43.5 Å². The van der Waals surface area contributed by atoms with Crippen LogP contribution < -0.4 is 5.32 Å². The maximum absolute atomic E-state index is 12.7. The molecule has 0 bridgehead atoms. The number of allylic oxidation sites excluding steroid dienone is 5. The maximum Gasteiger partial charge on any atom is 0.472 e. The zero-order valence-corrected chi connectivity index (χ0v) is 29.8. The molecule has 0 rings (SSSR count). The summed E-state index contributed by atoms with van der Waals surface area (Å²) >= 11 is 0. The summed E-state index contributed by atoms with van der Waals surface area (Å²) in [5.41, 5.74) is 0. The normalized spacial score (nSPS) is 15.3. The number of phosphoric acid groups is 1. The van der Waals surface area contributed by atoms with E-state index >= 15 is 0 Å². The molecule has 9 heteroatoms. The number of nitrogens with zero attached hydrogens (tertiary/aromatic N) is 1. The van der Waals surface area contributed by atoms with Gasteiger partial charge in [-0.2, -0.15) is 0 Å². The molecule has 0 fully saturated rings. The van der Waals surface area contributed by atoms with Gasteiger partial charge in [-0.05, 0) is 51.4 Å². The summed E-state index contributed by atoms with van der Waals surface area (Å²) in [7, 11) is 1.55. The van der Waals surface area contributed by atoms with Crippen LogP contribution in [-0.2, 0) is 18.4 Å². The number of quaternary nitrogens is 1. The van der Waals surface area contributed by atoms with E-state index in [1.165, 1.54) is 44.9 Å². The van der Waals surface area contributed by atoms with Crippen LogP contribution >= 0.6 is 7.82 Å². The van der Waals surface area contributed by atoms with Gasteiger partial charge in [-0.3, -0.25) is 13.8 Å². The second-order valence-corrected chi connectivity index (χ2v) is 14.3. The number of aliphatic hydroxyl groups is 1. The van der Waals surface area contributed by atoms with Crippen LogP contribution in [0.15, 0.2) is 36.5 Å². The SMILES string of the molecule is CCCCC/C=C\C/C=C\CCCCCCCC(=O)NC(COP(=O)(O)OCC[N+](C)(C)C)C(O)/C=C/CCCCCCC. The van der Waals surface area contributed by atoms with Gasteiger partial charge >= 0.3 is 7.82 Å². The average molecular weight is 644 g/mol. The van der Waals surface area contributed by atoms with E-state index in [9.17, 15) is 19.4 Å². The lowest BCUT2D eigenvalue weighted by molar-refractivity contribution is -0.870. The minimum atomic E-state index is -4.32. The number of unbranched alkanes of at least 4 members (excludes halogenated alkanes) is 13. The fourth-order valence-corrected chi connectivity index (χ4v) is 5.21. The Morgan fingerprint density at radius 1 is 0.773 bits per heavy atom. The lowest BCUT2D eigenvalue weighted by atomic mass is 10.1. The predicted octanol–water partition coefficient (Wildman–Crippen LogP) is 8.40. The van der Waals surface area contributed by atoms with Gasteiger partial charge in [0.15, 0.2) is 0 Å². The van der Waals surface area contributed by atoms with Crippen molar-refractivity contribution in [1.82, 2.24) is 5.32 Å². The van der Waals surface area contributed by atoms with Gasteiger partial charge in [0, 0.05) is 6.42 Å². The van der Waals surface area contributed by atoms with E-state index in [1.807, 2.05) is 27.2 Å². The highest BCUT2D eigenvalue weighted by Crippen LogP contribution is 2.43. The molecular formula is C35H68N2O6P+. The summed E-state index contributed by atoms with van der Waals surface area (Å²) in [6.45, 7) is 4.68. The van der Waals surface area contributed by atoms with Gasteiger partial charge < -0.3 is 19.8 Å². The van der Waals surface area contributed by atoms with E-state index < -0.39 is 20.0 Å². The van der Waals surface area contributed by atoms with Crippen LogP contribution in [0.1, 0.15) is 129 Å². The summed E-state index contributed by atoms with van der Waals surface area (Å²) in [6, 6.07) is -0.848. The average Bonchev–Trinajstić information content (AvgIpc) is 2.95. The molecule has 0 radical (unpaired) electrons. The van der Waals surface area contributed by atoms with Crippen molar-refractivity contribution < 1.29 is 32.9 Å². The van der Waals surface area contributed by atoms with E-state index in [0.29, 0.717) is 17.4 Å². The Morgan fingerprint density at radius 3 is 1.91 bits per heavy atom. The minimum absolute atomic E-state index is 0.0572. The summed E-state index contributed by atoms with van der Waals surface area (Å²) < 4.78 is 23.3. The van der Waals surface area contributed by atoms with Crippen molar-refractivity contribution >= 4 is 13.7 Å². The fraction of sp³-hybridized carbons (Fsp3) is 0.800. The van der Waals surface area contributed by atoms with Gasteiger partial charge in [0.05, 0.1) is 39.9 Å². The Morgan fingerprint density at radius 2 is 1.30 bits per heavy atom. The standard InChI is InChI=1S/C35H67N2O6P/c1-6-8-10-12-14-15-16-17-18-19-20-21-23-25-27-29-35(39)36-33(34(38)28-26-24-22-13-11-9-7-2)32-43-44(40,41)42-31-30-37(3,4)5/h14-15,17-18,26,28,33-34,38H,6-13,16,19-25,27,29-32H2,1-5H3,(H-,36,39,40,41)/p+1/b15-14-,18-17-,28-26+. The molecule has 0 aromatic rings. The number of nitrogens with one attached hydrogen (secondary N) is 1. The van der Waals surface area contributed by atoms with Crippen molar-refractivity contribution in [2.24, 2.45) is 0 Å². The van der Waals surface area contributed by atoms with E-state index in [1.54, 1.807) is 6.08 Å². The van der Waals surface area contributed by atoms with Crippen molar-refractivity contribution in [1.29, 1.82) is 0 Å². The largest absolute Gasteiger partial charge is 0.472 e. The topological polar surface area (TPSA) is 105 Å². The predicted molar refractivity (Wildman–Crippen MR) is 184 cm³/mol. The highest BCUT2D eigenvalue weighted by molar-refractivity contribution is 7.47. The molecule has 1 amide bonds. The maximum atomic E-state index is 12.7. The summed E-state index contributed by atoms with van der Waals surface area (Å²) in [5, 5.41) is 13.6. The molecule has 3 unspecified atom stereocenters. The number of carbonyl (C=O) groups excluding carboxylic acids is 1. The fourth-order valence-electron chi connectivity index (χ4n) is 4.48. The molecular weight excluding hydrogens is 575 g/mol. The van der Waals surface area contributed by atoms with Crippen molar-refractivity contribution in [3.8, 4) is 0 Å². The van der Waals surface area contributed by atoms with Gasteiger partial charge in [-0.15, -0.1) is 0 Å². The highest BCUT2D eigenvalue weighted by atomic mass is 31.2. The lowest BCUT2D eigenvalue weighted by Crippen LogP contribution is -2.45. The van der Waals surface area contributed by atoms with Gasteiger partial charge in [0.25, 0.3) is 0 Å². The van der Waals surface area contributed by atoms with E-state index in [-0.39, 0.29) is 19.1 Å². The monoisotopic (exact) mass is 643 g/mol. The number of rotatable bonds is 30. The molecule has 0 aromatic heterocycles. The minimum Gasteiger partial charge on any atom is -0.387 e. The third kappa shape index (κ3) is 29.4. The molecule has 0 aliphatic rings. The summed E-state index contributed by atoms with van der Waals surface area (Å²) in [5.74, 6) is -0.199. The molecule has 0 aliphatic carbocycles. The zero-order valence-electron chi connectivity index (χ0n) is 28.9. The van der Waals surface area contributed by atoms with Crippen molar-refractivity contribution in [3.63, 3.8) is 0 Å². The molecule has 0 heterocycles. The Kier molecular flexibility index (Phi) is 27.2. The number of hydrogen-bond acceptors (Lipinski definition) is 5. The Balaban J connectivity index is 4.52. The van der Waals surface area contributed by atoms with Crippen LogP contribution in [0, 0.1) is 0 Å². The molecule has 0 saturated heterocycles. The van der Waals surface area contributed by atoms with Crippen LogP contribution in [0.2, 0.25) is 0 Å². The molecule has 0 saturated carbocycles. The molecule has 3 N–H and O–H groups in total. The first kappa shape index (κ1) is 42.7. The lowest BCUT2D eigenvalue weighted by Gasteiger charge is -2.25. The van der Waals surface area contributed by atoms with E-state index in [4.69, 9.17) is 9.05 Å². The number of aliphatic hydroxyl groups excluding tert-OH is 1. The first-order valence-corrected chi connectivity index (χ1v) is 18.9. The Labute approximate surface area is 270 Å². The first-order valence-electron chi connectivity index (χ1n) is 17.4. The first-order chi connectivity index (χ1) is 21.0. The van der Waals surface area contributed by atoms with Crippen LogP contribution in [-0.4, -0.2) is 73.4 Å². The number of phosphoric ester groups is 1. The van der Waals surface area contributed by atoms with Crippen LogP contribution in [0.5, 0.6) is 0 Å². The van der Waals surface area contributed by atoms with Gasteiger partial charge in [0.1, 0.15) is 13.2 Å². The third-order valence-electron chi connectivity index (χ3n) is 7.35. The van der Waals surface area contributed by atoms with Crippen molar-refractivity contribution in [2.45, 2.75) is 142 Å². The molecule has 44 heavy (non-hydrogen) atoms. The molecule has 3 atom stereocenters. The highest BCUT2D eigenvalue weighted by Gasteiger charge is 2.27.